The first kappa shape index (κ1) is 21.7. The van der Waals surface area contributed by atoms with Crippen LogP contribution in [0.5, 0.6) is 0 Å². The number of furan rings is 1. The Morgan fingerprint density at radius 1 is 1.24 bits per heavy atom. The number of piperidine rings is 1. The number of hydrogen-bond donors (Lipinski definition) is 2. The molecule has 174 valence electrons. The van der Waals surface area contributed by atoms with Crippen LogP contribution in [0, 0.1) is 5.92 Å². The van der Waals surface area contributed by atoms with E-state index < -0.39 is 18.1 Å². The molecule has 3 aromatic heterocycles. The average Bonchev–Trinajstić information content (AvgIpc) is 3.55. The zero-order valence-electron chi connectivity index (χ0n) is 17.8. The van der Waals surface area contributed by atoms with E-state index in [4.69, 9.17) is 15.9 Å². The normalized spacial score (nSPS) is 21.5. The van der Waals surface area contributed by atoms with E-state index >= 15 is 0 Å². The molecule has 0 radical (unpaired) electrons. The van der Waals surface area contributed by atoms with Crippen LogP contribution in [0.25, 0.3) is 11.1 Å². The quantitative estimate of drug-likeness (QED) is 0.558. The zero-order valence-corrected chi connectivity index (χ0v) is 17.8. The minimum absolute atomic E-state index is 0.0157. The maximum atomic E-state index is 13.4. The molecule has 2 atom stereocenters. The summed E-state index contributed by atoms with van der Waals surface area (Å²) in [5, 5.41) is 0. The molecule has 2 fully saturated rings. The van der Waals surface area contributed by atoms with Crippen LogP contribution in [0.4, 0.5) is 24.7 Å². The van der Waals surface area contributed by atoms with E-state index in [1.165, 1.54) is 12.4 Å². The number of anilines is 2. The Bertz CT molecular complexity index is 1200. The second-order valence-corrected chi connectivity index (χ2v) is 8.97. The highest BCUT2D eigenvalue weighted by molar-refractivity contribution is 6.10. The number of rotatable bonds is 5. The Morgan fingerprint density at radius 2 is 2.03 bits per heavy atom. The van der Waals surface area contributed by atoms with E-state index in [0.29, 0.717) is 28.3 Å². The van der Waals surface area contributed by atoms with Crippen molar-refractivity contribution in [3.8, 4) is 0 Å². The Hall–Kier alpha value is -3.14. The van der Waals surface area contributed by atoms with Gasteiger partial charge in [0.25, 0.3) is 0 Å². The van der Waals surface area contributed by atoms with Gasteiger partial charge in [-0.25, -0.2) is 0 Å². The van der Waals surface area contributed by atoms with Crippen molar-refractivity contribution in [1.29, 1.82) is 0 Å². The van der Waals surface area contributed by atoms with Gasteiger partial charge in [-0.2, -0.15) is 13.2 Å². The van der Waals surface area contributed by atoms with Gasteiger partial charge in [0.2, 0.25) is 5.88 Å². The molecule has 10 heteroatoms. The van der Waals surface area contributed by atoms with Crippen molar-refractivity contribution in [2.45, 2.75) is 43.8 Å². The first-order valence-corrected chi connectivity index (χ1v) is 10.9. The van der Waals surface area contributed by atoms with Gasteiger partial charge in [-0.1, -0.05) is 0 Å². The van der Waals surface area contributed by atoms with Gasteiger partial charge in [0, 0.05) is 55.4 Å². The predicted octanol–water partition coefficient (Wildman–Crippen LogP) is 3.82. The van der Waals surface area contributed by atoms with Gasteiger partial charge in [-0.05, 0) is 42.9 Å². The molecule has 5 rings (SSSR count). The second-order valence-electron chi connectivity index (χ2n) is 8.97. The van der Waals surface area contributed by atoms with Crippen LogP contribution in [0.1, 0.15) is 46.7 Å². The SMILES string of the molecule is Nc1oc2cc(C3CC3)cnc2c1C(=O)Cc1cnccc1N1C[C@@H](N)C[C@@H](C(F)(F)F)C1. The van der Waals surface area contributed by atoms with Crippen molar-refractivity contribution in [3.63, 3.8) is 0 Å². The first-order valence-electron chi connectivity index (χ1n) is 10.9. The van der Waals surface area contributed by atoms with E-state index in [0.717, 1.165) is 18.4 Å². The maximum Gasteiger partial charge on any atom is 0.393 e. The fourth-order valence-corrected chi connectivity index (χ4v) is 4.62. The van der Waals surface area contributed by atoms with E-state index in [9.17, 15) is 18.0 Å². The highest BCUT2D eigenvalue weighted by Gasteiger charge is 2.44. The Kier molecular flexibility index (Phi) is 5.27. The number of Topliss-reactive ketones (excluding diaryl/α,β-unsaturated/α-hetero) is 1. The van der Waals surface area contributed by atoms with Crippen LogP contribution in [0.2, 0.25) is 0 Å². The summed E-state index contributed by atoms with van der Waals surface area (Å²) in [6.45, 7) is 0.0464. The van der Waals surface area contributed by atoms with Crippen molar-refractivity contribution in [1.82, 2.24) is 9.97 Å². The van der Waals surface area contributed by atoms with Crippen molar-refractivity contribution < 1.29 is 22.4 Å². The molecule has 0 aromatic carbocycles. The fraction of sp³-hybridized carbons (Fsp3) is 0.435. The predicted molar refractivity (Wildman–Crippen MR) is 117 cm³/mol. The van der Waals surface area contributed by atoms with Crippen LogP contribution in [-0.4, -0.2) is 41.1 Å². The third-order valence-electron chi connectivity index (χ3n) is 6.42. The second kappa shape index (κ2) is 8.02. The summed E-state index contributed by atoms with van der Waals surface area (Å²) in [7, 11) is 0. The highest BCUT2D eigenvalue weighted by Crippen LogP contribution is 2.41. The van der Waals surface area contributed by atoms with Gasteiger partial charge in [0.1, 0.15) is 11.1 Å². The van der Waals surface area contributed by atoms with Gasteiger partial charge in [-0.15, -0.1) is 0 Å². The zero-order chi connectivity index (χ0) is 23.3. The molecular formula is C23H24F3N5O2. The number of nitrogen functional groups attached to an aromatic ring is 1. The number of ketones is 1. The van der Waals surface area contributed by atoms with Crippen LogP contribution >= 0.6 is 0 Å². The van der Waals surface area contributed by atoms with Gasteiger partial charge in [0.15, 0.2) is 11.4 Å². The molecule has 4 heterocycles. The summed E-state index contributed by atoms with van der Waals surface area (Å²) in [4.78, 5) is 23.3. The topological polar surface area (TPSA) is 111 Å². The van der Waals surface area contributed by atoms with Gasteiger partial charge >= 0.3 is 6.18 Å². The molecule has 0 amide bonds. The molecule has 33 heavy (non-hydrogen) atoms. The standard InChI is InChI=1S/C23H24F3N5O2/c24-23(25,26)15-7-16(27)11-31(10-15)17-3-4-29-8-14(17)5-18(32)20-21-19(33-22(20)28)6-13(9-30-21)12-1-2-12/h3-4,6,8-9,12,15-16H,1-2,5,7,10-11,27-28H2/t15-,16+/m1/s1. The lowest BCUT2D eigenvalue weighted by molar-refractivity contribution is -0.177. The highest BCUT2D eigenvalue weighted by atomic mass is 19.4. The van der Waals surface area contributed by atoms with Crippen molar-refractivity contribution >= 4 is 28.5 Å². The molecule has 1 aliphatic heterocycles. The molecule has 0 bridgehead atoms. The smallest absolute Gasteiger partial charge is 0.393 e. The number of carbonyl (C=O) groups excluding carboxylic acids is 1. The van der Waals surface area contributed by atoms with E-state index in [1.807, 2.05) is 6.07 Å². The molecule has 3 aromatic rings. The first-order chi connectivity index (χ1) is 15.7. The summed E-state index contributed by atoms with van der Waals surface area (Å²) in [5.41, 5.74) is 15.1. The van der Waals surface area contributed by atoms with Crippen LogP contribution < -0.4 is 16.4 Å². The Morgan fingerprint density at radius 3 is 2.76 bits per heavy atom. The van der Waals surface area contributed by atoms with Crippen LogP contribution in [0.3, 0.4) is 0 Å². The third-order valence-corrected chi connectivity index (χ3v) is 6.42. The Balaban J connectivity index is 1.43. The number of pyridine rings is 2. The Labute approximate surface area is 188 Å². The van der Waals surface area contributed by atoms with Crippen molar-refractivity contribution in [3.05, 3.63) is 47.4 Å². The molecule has 1 aliphatic carbocycles. The molecule has 0 unspecified atom stereocenters. The van der Waals surface area contributed by atoms with Gasteiger partial charge < -0.3 is 20.8 Å². The minimum Gasteiger partial charge on any atom is -0.438 e. The third kappa shape index (κ3) is 4.27. The summed E-state index contributed by atoms with van der Waals surface area (Å²) in [5.74, 6) is -1.41. The number of nitrogens with two attached hydrogens (primary N) is 2. The summed E-state index contributed by atoms with van der Waals surface area (Å²) in [6.07, 6.45) is 2.38. The molecule has 0 spiro atoms. The van der Waals surface area contributed by atoms with Crippen LogP contribution in [-0.2, 0) is 6.42 Å². The van der Waals surface area contributed by atoms with Gasteiger partial charge in [-0.3, -0.25) is 14.8 Å². The maximum absolute atomic E-state index is 13.4. The molecule has 1 saturated carbocycles. The number of carbonyl (C=O) groups is 1. The van der Waals surface area contributed by atoms with E-state index in [2.05, 4.69) is 9.97 Å². The van der Waals surface area contributed by atoms with Crippen LogP contribution in [0.15, 0.2) is 35.1 Å². The van der Waals surface area contributed by atoms with E-state index in [1.54, 1.807) is 17.2 Å². The summed E-state index contributed by atoms with van der Waals surface area (Å²) in [6, 6.07) is 2.86. The molecular weight excluding hydrogens is 435 g/mol. The van der Waals surface area contributed by atoms with Gasteiger partial charge in [0.05, 0.1) is 5.92 Å². The lowest BCUT2D eigenvalue weighted by Crippen LogP contribution is -2.51. The fourth-order valence-electron chi connectivity index (χ4n) is 4.62. The lowest BCUT2D eigenvalue weighted by atomic mass is 9.93. The largest absolute Gasteiger partial charge is 0.438 e. The number of alkyl halides is 3. The van der Waals surface area contributed by atoms with Crippen molar-refractivity contribution in [2.24, 2.45) is 11.7 Å². The van der Waals surface area contributed by atoms with Crippen molar-refractivity contribution in [2.75, 3.05) is 23.7 Å². The summed E-state index contributed by atoms with van der Waals surface area (Å²) >= 11 is 0. The molecule has 1 saturated heterocycles. The number of fused-ring (bicyclic) bond motifs is 1. The number of nitrogens with zero attached hydrogens (tertiary/aromatic N) is 3. The molecule has 7 nitrogen and oxygen atoms in total. The minimum atomic E-state index is -4.34. The number of halogens is 3. The average molecular weight is 459 g/mol. The monoisotopic (exact) mass is 459 g/mol. The summed E-state index contributed by atoms with van der Waals surface area (Å²) < 4.78 is 45.8. The molecule has 4 N–H and O–H groups in total. The lowest BCUT2D eigenvalue weighted by Gasteiger charge is -2.39. The molecule has 2 aliphatic rings. The number of aromatic nitrogens is 2. The number of hydrogen-bond acceptors (Lipinski definition) is 7. The van der Waals surface area contributed by atoms with E-state index in [-0.39, 0.29) is 43.2 Å².